The van der Waals surface area contributed by atoms with Gasteiger partial charge in [0.1, 0.15) is 0 Å². The molecule has 30 valence electrons. The van der Waals surface area contributed by atoms with Gasteiger partial charge < -0.3 is 0 Å². The van der Waals surface area contributed by atoms with E-state index in [0.29, 0.717) is 0 Å². The quantitative estimate of drug-likeness (QED) is 0.451. The van der Waals surface area contributed by atoms with E-state index in [9.17, 15) is 0 Å². The van der Waals surface area contributed by atoms with Crippen LogP contribution in [-0.2, 0) is 0 Å². The Morgan fingerprint density at radius 3 is 0.750 bits per heavy atom. The first kappa shape index (κ1) is 35.9. The van der Waals surface area contributed by atoms with Crippen molar-refractivity contribution in [3.05, 3.63) is 0 Å². The summed E-state index contributed by atoms with van der Waals surface area (Å²) in [5.74, 6) is 0. The van der Waals surface area contributed by atoms with Crippen LogP contribution in [-0.4, -0.2) is 23.9 Å². The molecule has 0 fully saturated rings. The van der Waals surface area contributed by atoms with Gasteiger partial charge in [-0.3, -0.25) is 0 Å². The van der Waals surface area contributed by atoms with Crippen molar-refractivity contribution in [2.45, 2.75) is 0 Å². The molecule has 0 saturated carbocycles. The van der Waals surface area contributed by atoms with Crippen molar-refractivity contribution in [2.75, 3.05) is 0 Å². The summed E-state index contributed by atoms with van der Waals surface area (Å²) in [5, 5.41) is 0. The van der Waals surface area contributed by atoms with Crippen molar-refractivity contribution in [1.29, 1.82) is 0 Å². The van der Waals surface area contributed by atoms with E-state index < -0.39 is 0 Å². The molecule has 0 amide bonds. The predicted octanol–water partition coefficient (Wildman–Crippen LogP) is 0.545. The molecule has 0 aromatic carbocycles. The van der Waals surface area contributed by atoms with Crippen LogP contribution in [0.2, 0.25) is 0 Å². The molecule has 0 rings (SSSR count). The molecular formula is H5Cl2ISn. The summed E-state index contributed by atoms with van der Waals surface area (Å²) in [6.45, 7) is 0. The molecule has 4 heavy (non-hydrogen) atoms. The zero-order chi connectivity index (χ0) is 0. The number of hydrogen-bond acceptors (Lipinski definition) is 0. The molecule has 0 unspecified atom stereocenters. The molecule has 0 N–H and O–H groups in total. The normalized spacial score (nSPS) is 0. The Bertz CT molecular complexity index is 6.00. The molecule has 0 nitrogen and oxygen atoms in total. The molecule has 0 spiro atoms. The Balaban J connectivity index is 0. The van der Waals surface area contributed by atoms with E-state index >= 15 is 0 Å². The fourth-order valence-corrected chi connectivity index (χ4v) is 0. The van der Waals surface area contributed by atoms with Crippen LogP contribution in [0.4, 0.5) is 0 Å². The maximum atomic E-state index is 0. The van der Waals surface area contributed by atoms with E-state index in [0.717, 1.165) is 0 Å². The predicted molar refractivity (Wildman–Crippen MR) is 38.5 cm³/mol. The van der Waals surface area contributed by atoms with E-state index in [1.165, 1.54) is 0 Å². The van der Waals surface area contributed by atoms with Gasteiger partial charge in [-0.2, -0.15) is 0 Å². The first-order valence-electron chi connectivity index (χ1n) is 0. The summed E-state index contributed by atoms with van der Waals surface area (Å²) in [6.07, 6.45) is 0. The third kappa shape index (κ3) is 8.93. The summed E-state index contributed by atoms with van der Waals surface area (Å²) in [6, 6.07) is 0. The standard InChI is InChI=1S/2ClH.HI.Sn.2H/h3*1H;;;. The van der Waals surface area contributed by atoms with Gasteiger partial charge >= 0.3 is 23.9 Å². The Hall–Kier alpha value is 2.11. The van der Waals surface area contributed by atoms with Gasteiger partial charge in [0.2, 0.25) is 0 Å². The van der Waals surface area contributed by atoms with Crippen LogP contribution >= 0.6 is 48.8 Å². The molecule has 0 aliphatic rings. The van der Waals surface area contributed by atoms with Gasteiger partial charge in [-0.1, -0.05) is 0 Å². The Morgan fingerprint density at radius 2 is 0.750 bits per heavy atom. The van der Waals surface area contributed by atoms with Crippen molar-refractivity contribution in [2.24, 2.45) is 0 Å². The first-order chi connectivity index (χ1) is 0. The molecule has 0 heterocycles. The Labute approximate surface area is 71.9 Å². The topological polar surface area (TPSA) is 0 Å². The molecule has 0 aromatic heterocycles. The van der Waals surface area contributed by atoms with Gasteiger partial charge in [-0.05, 0) is 0 Å². The van der Waals surface area contributed by atoms with E-state index in [-0.39, 0.29) is 72.7 Å². The summed E-state index contributed by atoms with van der Waals surface area (Å²) < 4.78 is 0. The third-order valence-corrected chi connectivity index (χ3v) is 0. The monoisotopic (exact) mass is 322 g/mol. The molecule has 2 radical (unpaired) electrons. The van der Waals surface area contributed by atoms with Crippen LogP contribution in [0.3, 0.4) is 0 Å². The summed E-state index contributed by atoms with van der Waals surface area (Å²) in [7, 11) is 0. The van der Waals surface area contributed by atoms with Crippen molar-refractivity contribution < 1.29 is 0 Å². The third-order valence-electron chi connectivity index (χ3n) is 0. The van der Waals surface area contributed by atoms with Gasteiger partial charge in [0.15, 0.2) is 0 Å². The van der Waals surface area contributed by atoms with Crippen LogP contribution in [0.15, 0.2) is 0 Å². The minimum atomic E-state index is 0. The van der Waals surface area contributed by atoms with Gasteiger partial charge in [-0.15, -0.1) is 48.8 Å². The van der Waals surface area contributed by atoms with E-state index in [1.54, 1.807) is 0 Å². The van der Waals surface area contributed by atoms with Crippen molar-refractivity contribution in [3.63, 3.8) is 0 Å². The summed E-state index contributed by atoms with van der Waals surface area (Å²) in [4.78, 5) is 0. The van der Waals surface area contributed by atoms with Crippen LogP contribution in [0.1, 0.15) is 0 Å². The average Bonchev–Trinajstić information content (AvgIpc) is 0. The Kier molecular flexibility index (Phi) is 174. The van der Waals surface area contributed by atoms with Crippen LogP contribution in [0.25, 0.3) is 0 Å². The van der Waals surface area contributed by atoms with E-state index in [2.05, 4.69) is 0 Å². The summed E-state index contributed by atoms with van der Waals surface area (Å²) >= 11 is 0. The second-order valence-electron chi connectivity index (χ2n) is 0. The molecule has 0 aliphatic carbocycles. The average molecular weight is 322 g/mol. The molecule has 0 atom stereocenters. The molecule has 0 aromatic rings. The van der Waals surface area contributed by atoms with E-state index in [4.69, 9.17) is 0 Å². The van der Waals surface area contributed by atoms with Gasteiger partial charge in [-0.25, -0.2) is 0 Å². The molecule has 4 heteroatoms. The fraction of sp³-hybridized carbons (Fsp3) is 0. The van der Waals surface area contributed by atoms with Crippen molar-refractivity contribution in [1.82, 2.24) is 0 Å². The molecule has 0 bridgehead atoms. The SMILES string of the molecule is Cl.Cl.I.[SnH2]. The first-order valence-corrected chi connectivity index (χ1v) is 0. The van der Waals surface area contributed by atoms with Gasteiger partial charge in [0, 0.05) is 0 Å². The number of halogens is 3. The van der Waals surface area contributed by atoms with Crippen LogP contribution < -0.4 is 0 Å². The zero-order valence-corrected chi connectivity index (χ0v) is 9.93. The maximum absolute atomic E-state index is 0. The van der Waals surface area contributed by atoms with Gasteiger partial charge in [0.25, 0.3) is 0 Å². The van der Waals surface area contributed by atoms with E-state index in [1.807, 2.05) is 0 Å². The molecular weight excluding hydrogens is 317 g/mol. The van der Waals surface area contributed by atoms with Crippen LogP contribution in [0, 0.1) is 0 Å². The van der Waals surface area contributed by atoms with Gasteiger partial charge in [0.05, 0.1) is 0 Å². The number of hydrogen-bond donors (Lipinski definition) is 0. The van der Waals surface area contributed by atoms with Crippen molar-refractivity contribution in [3.8, 4) is 0 Å². The number of rotatable bonds is 0. The van der Waals surface area contributed by atoms with Crippen LogP contribution in [0.5, 0.6) is 0 Å². The molecule has 0 aliphatic heterocycles. The molecule has 0 saturated heterocycles. The summed E-state index contributed by atoms with van der Waals surface area (Å²) in [5.41, 5.74) is 0. The zero-order valence-electron chi connectivity index (χ0n) is 1.93. The second kappa shape index (κ2) is 19.4. The fourth-order valence-electron chi connectivity index (χ4n) is 0. The second-order valence-corrected chi connectivity index (χ2v) is 0. The van der Waals surface area contributed by atoms with Crippen molar-refractivity contribution >= 4 is 72.7 Å². The minimum absolute atomic E-state index is 0. The Morgan fingerprint density at radius 1 is 0.750 bits per heavy atom.